The Morgan fingerprint density at radius 3 is 2.07 bits per heavy atom. The van der Waals surface area contributed by atoms with Gasteiger partial charge in [-0.15, -0.1) is 0 Å². The maximum atomic E-state index is 11.5. The molecule has 0 bridgehead atoms. The Labute approximate surface area is 80.0 Å². The van der Waals surface area contributed by atoms with Gasteiger partial charge in [-0.05, 0) is 0 Å². The van der Waals surface area contributed by atoms with E-state index in [1.54, 1.807) is 12.1 Å². The van der Waals surface area contributed by atoms with E-state index >= 15 is 0 Å². The number of rotatable bonds is 0. The summed E-state index contributed by atoms with van der Waals surface area (Å²) < 4.78 is 0. The van der Waals surface area contributed by atoms with Crippen molar-refractivity contribution in [2.24, 2.45) is 11.5 Å². The van der Waals surface area contributed by atoms with Crippen molar-refractivity contribution in [2.75, 3.05) is 0 Å². The highest BCUT2D eigenvalue weighted by molar-refractivity contribution is 5.99. The molecule has 2 rings (SSSR count). The number of nitrogens with two attached hydrogens (primary N) is 2. The molecule has 5 nitrogen and oxygen atoms in total. The van der Waals surface area contributed by atoms with Gasteiger partial charge >= 0.3 is 0 Å². The molecule has 1 aliphatic carbocycles. The van der Waals surface area contributed by atoms with E-state index in [4.69, 9.17) is 11.5 Å². The zero-order valence-electron chi connectivity index (χ0n) is 7.27. The standard InChI is InChI=1S/C9H10N2O3/c10-8(11)5-3-1-2-4-6(5)9(13,14)7(8)12/h1-4,13-14H,10-11H2. The predicted octanol–water partition coefficient (Wildman–Crippen LogP) is -1.52. The second kappa shape index (κ2) is 2.40. The van der Waals surface area contributed by atoms with Crippen LogP contribution in [-0.2, 0) is 16.2 Å². The summed E-state index contributed by atoms with van der Waals surface area (Å²) in [4.78, 5) is 11.5. The molecule has 1 aromatic rings. The molecule has 0 aliphatic heterocycles. The Morgan fingerprint density at radius 2 is 1.57 bits per heavy atom. The van der Waals surface area contributed by atoms with Gasteiger partial charge in [0, 0.05) is 11.1 Å². The molecule has 0 heterocycles. The van der Waals surface area contributed by atoms with Crippen molar-refractivity contribution in [3.05, 3.63) is 35.4 Å². The summed E-state index contributed by atoms with van der Waals surface area (Å²) in [7, 11) is 0. The Balaban J connectivity index is 2.76. The molecule has 0 saturated carbocycles. The first-order chi connectivity index (χ1) is 6.38. The largest absolute Gasteiger partial charge is 0.356 e. The molecule has 0 amide bonds. The second-order valence-corrected chi connectivity index (χ2v) is 3.42. The summed E-state index contributed by atoms with van der Waals surface area (Å²) in [6.07, 6.45) is 0. The molecule has 74 valence electrons. The molecule has 0 spiro atoms. The van der Waals surface area contributed by atoms with Crippen molar-refractivity contribution in [3.8, 4) is 0 Å². The van der Waals surface area contributed by atoms with Crippen molar-refractivity contribution < 1.29 is 15.0 Å². The lowest BCUT2D eigenvalue weighted by molar-refractivity contribution is -0.187. The van der Waals surface area contributed by atoms with Gasteiger partial charge in [0.25, 0.3) is 5.79 Å². The van der Waals surface area contributed by atoms with Crippen LogP contribution >= 0.6 is 0 Å². The highest BCUT2D eigenvalue weighted by Crippen LogP contribution is 2.37. The number of hydrogen-bond acceptors (Lipinski definition) is 5. The minimum atomic E-state index is -2.57. The van der Waals surface area contributed by atoms with E-state index < -0.39 is 17.2 Å². The molecule has 1 aromatic carbocycles. The number of benzene rings is 1. The number of ketones is 1. The molecule has 0 radical (unpaired) electrons. The minimum Gasteiger partial charge on any atom is -0.356 e. The highest BCUT2D eigenvalue weighted by Gasteiger charge is 2.55. The maximum absolute atomic E-state index is 11.5. The van der Waals surface area contributed by atoms with Crippen LogP contribution < -0.4 is 11.5 Å². The first kappa shape index (κ1) is 9.29. The summed E-state index contributed by atoms with van der Waals surface area (Å²) in [5, 5.41) is 19.0. The van der Waals surface area contributed by atoms with E-state index in [0.717, 1.165) is 0 Å². The van der Waals surface area contributed by atoms with Gasteiger partial charge < -0.3 is 21.7 Å². The molecular weight excluding hydrogens is 184 g/mol. The average Bonchev–Trinajstić information content (AvgIpc) is 2.28. The van der Waals surface area contributed by atoms with Gasteiger partial charge in [-0.2, -0.15) is 0 Å². The molecule has 0 unspecified atom stereocenters. The van der Waals surface area contributed by atoms with E-state index in [0.29, 0.717) is 0 Å². The lowest BCUT2D eigenvalue weighted by atomic mass is 10.0. The fourth-order valence-corrected chi connectivity index (χ4v) is 1.68. The molecule has 1 aliphatic rings. The van der Waals surface area contributed by atoms with Crippen molar-refractivity contribution in [3.63, 3.8) is 0 Å². The van der Waals surface area contributed by atoms with E-state index in [1.807, 2.05) is 0 Å². The first-order valence-electron chi connectivity index (χ1n) is 4.06. The third kappa shape index (κ3) is 0.893. The third-order valence-electron chi connectivity index (χ3n) is 2.44. The maximum Gasteiger partial charge on any atom is 0.255 e. The van der Waals surface area contributed by atoms with Gasteiger partial charge in [-0.25, -0.2) is 0 Å². The Bertz CT molecular complexity index is 375. The van der Waals surface area contributed by atoms with Crippen LogP contribution in [-0.4, -0.2) is 16.0 Å². The monoisotopic (exact) mass is 194 g/mol. The normalized spacial score (nSPS) is 22.1. The van der Waals surface area contributed by atoms with Crippen LogP contribution in [0.4, 0.5) is 0 Å². The van der Waals surface area contributed by atoms with Gasteiger partial charge in [0.2, 0.25) is 5.78 Å². The summed E-state index contributed by atoms with van der Waals surface area (Å²) in [5.74, 6) is -3.58. The molecule has 0 atom stereocenters. The molecule has 0 aromatic heterocycles. The lowest BCUT2D eigenvalue weighted by Gasteiger charge is -2.18. The van der Waals surface area contributed by atoms with Gasteiger partial charge in [0.15, 0.2) is 5.66 Å². The van der Waals surface area contributed by atoms with Gasteiger partial charge in [-0.3, -0.25) is 4.79 Å². The topological polar surface area (TPSA) is 110 Å². The average molecular weight is 194 g/mol. The van der Waals surface area contributed by atoms with Crippen LogP contribution in [0.25, 0.3) is 0 Å². The number of Topliss-reactive ketones (excluding diaryl/α,β-unsaturated/α-hetero) is 1. The van der Waals surface area contributed by atoms with Crippen molar-refractivity contribution >= 4 is 5.78 Å². The first-order valence-corrected chi connectivity index (χ1v) is 4.06. The van der Waals surface area contributed by atoms with Crippen molar-refractivity contribution in [1.29, 1.82) is 0 Å². The fourth-order valence-electron chi connectivity index (χ4n) is 1.68. The van der Waals surface area contributed by atoms with Gasteiger partial charge in [-0.1, -0.05) is 24.3 Å². The molecule has 14 heavy (non-hydrogen) atoms. The van der Waals surface area contributed by atoms with Crippen LogP contribution in [0, 0.1) is 0 Å². The Hall–Kier alpha value is -1.27. The lowest BCUT2D eigenvalue weighted by Crippen LogP contribution is -2.54. The number of aliphatic hydroxyl groups is 2. The van der Waals surface area contributed by atoms with Crippen LogP contribution in [0.3, 0.4) is 0 Å². The predicted molar refractivity (Wildman–Crippen MR) is 47.6 cm³/mol. The van der Waals surface area contributed by atoms with E-state index in [-0.39, 0.29) is 11.1 Å². The quantitative estimate of drug-likeness (QED) is 0.375. The molecule has 5 heteroatoms. The van der Waals surface area contributed by atoms with Crippen molar-refractivity contribution in [2.45, 2.75) is 11.4 Å². The molecule has 0 fully saturated rings. The SMILES string of the molecule is NC1(N)C(=O)C(O)(O)c2ccccc21. The summed E-state index contributed by atoms with van der Waals surface area (Å²) in [6, 6.07) is 6.12. The van der Waals surface area contributed by atoms with Crippen LogP contribution in [0.2, 0.25) is 0 Å². The number of carbonyl (C=O) groups is 1. The fraction of sp³-hybridized carbons (Fsp3) is 0.222. The second-order valence-electron chi connectivity index (χ2n) is 3.42. The van der Waals surface area contributed by atoms with E-state index in [9.17, 15) is 15.0 Å². The molecule has 0 saturated heterocycles. The Morgan fingerprint density at radius 1 is 1.07 bits per heavy atom. The van der Waals surface area contributed by atoms with Gasteiger partial charge in [0.05, 0.1) is 0 Å². The number of fused-ring (bicyclic) bond motifs is 1. The summed E-state index contributed by atoms with van der Waals surface area (Å²) in [5.41, 5.74) is 9.51. The van der Waals surface area contributed by atoms with E-state index in [1.165, 1.54) is 12.1 Å². The minimum absolute atomic E-state index is 0.0509. The number of hydrogen-bond donors (Lipinski definition) is 4. The third-order valence-corrected chi connectivity index (χ3v) is 2.44. The molecule has 6 N–H and O–H groups in total. The van der Waals surface area contributed by atoms with Crippen LogP contribution in [0.15, 0.2) is 24.3 Å². The summed E-state index contributed by atoms with van der Waals surface area (Å²) >= 11 is 0. The zero-order valence-corrected chi connectivity index (χ0v) is 7.27. The molecular formula is C9H10N2O3. The van der Waals surface area contributed by atoms with Crippen LogP contribution in [0.5, 0.6) is 0 Å². The van der Waals surface area contributed by atoms with Crippen molar-refractivity contribution in [1.82, 2.24) is 0 Å². The highest BCUT2D eigenvalue weighted by atomic mass is 16.5. The van der Waals surface area contributed by atoms with Crippen LogP contribution in [0.1, 0.15) is 11.1 Å². The smallest absolute Gasteiger partial charge is 0.255 e. The summed E-state index contributed by atoms with van der Waals surface area (Å²) in [6.45, 7) is 0. The number of carbonyl (C=O) groups excluding carboxylic acids is 1. The van der Waals surface area contributed by atoms with Gasteiger partial charge in [0.1, 0.15) is 0 Å². The van der Waals surface area contributed by atoms with E-state index in [2.05, 4.69) is 0 Å². The Kier molecular flexibility index (Phi) is 1.59. The zero-order chi connectivity index (χ0) is 10.6.